The molecule has 1 unspecified atom stereocenters. The fourth-order valence-electron chi connectivity index (χ4n) is 2.31. The molecule has 0 aliphatic heterocycles. The van der Waals surface area contributed by atoms with Gasteiger partial charge in [0.25, 0.3) is 0 Å². The fraction of sp³-hybridized carbons (Fsp3) is 0.923. The maximum Gasteiger partial charge on any atom is 0.230 e. The van der Waals surface area contributed by atoms with Gasteiger partial charge < -0.3 is 10.6 Å². The molecule has 1 atom stereocenters. The monoisotopic (exact) mass is 226 g/mol. The van der Waals surface area contributed by atoms with E-state index in [4.69, 9.17) is 5.73 Å². The third-order valence-corrected chi connectivity index (χ3v) is 4.05. The molecule has 1 aliphatic rings. The van der Waals surface area contributed by atoms with Crippen molar-refractivity contribution < 1.29 is 4.79 Å². The third kappa shape index (κ3) is 2.57. The minimum Gasteiger partial charge on any atom is -0.342 e. The van der Waals surface area contributed by atoms with E-state index in [2.05, 4.69) is 20.8 Å². The highest BCUT2D eigenvalue weighted by molar-refractivity contribution is 5.84. The van der Waals surface area contributed by atoms with Gasteiger partial charge in [-0.3, -0.25) is 4.79 Å². The van der Waals surface area contributed by atoms with Crippen molar-refractivity contribution in [3.8, 4) is 0 Å². The lowest BCUT2D eigenvalue weighted by Gasteiger charge is -2.43. The van der Waals surface area contributed by atoms with Gasteiger partial charge in [-0.2, -0.15) is 0 Å². The van der Waals surface area contributed by atoms with Crippen molar-refractivity contribution in [3.63, 3.8) is 0 Å². The molecule has 16 heavy (non-hydrogen) atoms. The summed E-state index contributed by atoms with van der Waals surface area (Å²) in [5.41, 5.74) is 5.57. The summed E-state index contributed by atoms with van der Waals surface area (Å²) in [5, 5.41) is 0. The Bertz CT molecular complexity index is 231. The predicted molar refractivity (Wildman–Crippen MR) is 67.0 cm³/mol. The van der Waals surface area contributed by atoms with Crippen LogP contribution in [0.2, 0.25) is 0 Å². The summed E-state index contributed by atoms with van der Waals surface area (Å²) in [6, 6.07) is 0. The lowest BCUT2D eigenvalue weighted by atomic mass is 9.67. The summed E-state index contributed by atoms with van der Waals surface area (Å²) in [4.78, 5) is 14.4. The highest BCUT2D eigenvalue weighted by atomic mass is 16.2. The van der Waals surface area contributed by atoms with Crippen LogP contribution in [0.25, 0.3) is 0 Å². The zero-order chi connectivity index (χ0) is 12.2. The number of hydrogen-bond donors (Lipinski definition) is 1. The Balaban J connectivity index is 2.61. The first-order valence-electron chi connectivity index (χ1n) is 6.59. The van der Waals surface area contributed by atoms with E-state index in [9.17, 15) is 4.79 Å². The first-order chi connectivity index (χ1) is 7.59. The Hall–Kier alpha value is -0.570. The Kier molecular flexibility index (Phi) is 4.78. The van der Waals surface area contributed by atoms with Crippen LogP contribution >= 0.6 is 0 Å². The SMILES string of the molecule is CCC(C)CN(CC)C(=O)C1(CN)CCC1. The van der Waals surface area contributed by atoms with Gasteiger partial charge in [-0.15, -0.1) is 0 Å². The molecular weight excluding hydrogens is 200 g/mol. The first kappa shape index (κ1) is 13.5. The zero-order valence-corrected chi connectivity index (χ0v) is 11.0. The smallest absolute Gasteiger partial charge is 0.230 e. The quantitative estimate of drug-likeness (QED) is 0.753. The van der Waals surface area contributed by atoms with Crippen LogP contribution in [0.15, 0.2) is 0 Å². The molecule has 3 nitrogen and oxygen atoms in total. The molecule has 0 heterocycles. The maximum atomic E-state index is 12.4. The van der Waals surface area contributed by atoms with Gasteiger partial charge in [-0.05, 0) is 25.7 Å². The number of rotatable bonds is 6. The molecule has 1 fully saturated rings. The van der Waals surface area contributed by atoms with Gasteiger partial charge in [-0.1, -0.05) is 26.7 Å². The first-order valence-corrected chi connectivity index (χ1v) is 6.59. The van der Waals surface area contributed by atoms with Crippen LogP contribution in [0, 0.1) is 11.3 Å². The number of carbonyl (C=O) groups is 1. The Morgan fingerprint density at radius 2 is 2.06 bits per heavy atom. The molecule has 0 spiro atoms. The predicted octanol–water partition coefficient (Wildman–Crippen LogP) is 2.01. The zero-order valence-electron chi connectivity index (χ0n) is 11.0. The van der Waals surface area contributed by atoms with E-state index in [0.29, 0.717) is 18.4 Å². The van der Waals surface area contributed by atoms with Gasteiger partial charge in [-0.25, -0.2) is 0 Å². The van der Waals surface area contributed by atoms with Crippen LogP contribution in [0.4, 0.5) is 0 Å². The number of hydrogen-bond acceptors (Lipinski definition) is 2. The Labute approximate surface area is 99.4 Å². The topological polar surface area (TPSA) is 46.3 Å². The highest BCUT2D eigenvalue weighted by Crippen LogP contribution is 2.41. The van der Waals surface area contributed by atoms with Crippen LogP contribution in [-0.2, 0) is 4.79 Å². The van der Waals surface area contributed by atoms with E-state index in [1.54, 1.807) is 0 Å². The van der Waals surface area contributed by atoms with Crippen molar-refractivity contribution >= 4 is 5.91 Å². The fourth-order valence-corrected chi connectivity index (χ4v) is 2.31. The van der Waals surface area contributed by atoms with Crippen LogP contribution in [-0.4, -0.2) is 30.4 Å². The van der Waals surface area contributed by atoms with E-state index in [1.807, 2.05) is 4.90 Å². The second-order valence-electron chi connectivity index (χ2n) is 5.20. The van der Waals surface area contributed by atoms with Gasteiger partial charge in [0.1, 0.15) is 0 Å². The second kappa shape index (κ2) is 5.67. The minimum atomic E-state index is -0.205. The molecule has 2 N–H and O–H groups in total. The van der Waals surface area contributed by atoms with Gasteiger partial charge >= 0.3 is 0 Å². The molecule has 1 rings (SSSR count). The lowest BCUT2D eigenvalue weighted by Crippen LogP contribution is -2.52. The lowest BCUT2D eigenvalue weighted by molar-refractivity contribution is -0.147. The van der Waals surface area contributed by atoms with E-state index >= 15 is 0 Å². The molecule has 0 aromatic rings. The summed E-state index contributed by atoms with van der Waals surface area (Å²) in [5.74, 6) is 0.878. The van der Waals surface area contributed by atoms with Crippen molar-refractivity contribution in [2.45, 2.75) is 46.5 Å². The maximum absolute atomic E-state index is 12.4. The molecule has 0 aromatic heterocycles. The molecule has 0 radical (unpaired) electrons. The molecule has 0 bridgehead atoms. The van der Waals surface area contributed by atoms with E-state index < -0.39 is 0 Å². The number of nitrogens with zero attached hydrogens (tertiary/aromatic N) is 1. The van der Waals surface area contributed by atoms with Gasteiger partial charge in [0, 0.05) is 19.6 Å². The third-order valence-electron chi connectivity index (χ3n) is 4.05. The average Bonchev–Trinajstić information content (AvgIpc) is 2.24. The van der Waals surface area contributed by atoms with Crippen molar-refractivity contribution in [1.82, 2.24) is 4.90 Å². The molecule has 0 saturated heterocycles. The van der Waals surface area contributed by atoms with Crippen molar-refractivity contribution in [2.75, 3.05) is 19.6 Å². The minimum absolute atomic E-state index is 0.205. The Morgan fingerprint density at radius 1 is 1.44 bits per heavy atom. The number of nitrogens with two attached hydrogens (primary N) is 1. The number of carbonyl (C=O) groups excluding carboxylic acids is 1. The number of amides is 1. The standard InChI is InChI=1S/C13H26N2O/c1-4-11(3)9-15(5-2)12(16)13(10-14)7-6-8-13/h11H,4-10,14H2,1-3H3. The van der Waals surface area contributed by atoms with Crippen LogP contribution in [0.1, 0.15) is 46.5 Å². The van der Waals surface area contributed by atoms with E-state index in [-0.39, 0.29) is 5.41 Å². The van der Waals surface area contributed by atoms with Crippen LogP contribution in [0.5, 0.6) is 0 Å². The Morgan fingerprint density at radius 3 is 2.38 bits per heavy atom. The normalized spacial score (nSPS) is 20.0. The molecule has 1 amide bonds. The highest BCUT2D eigenvalue weighted by Gasteiger charge is 2.44. The second-order valence-corrected chi connectivity index (χ2v) is 5.20. The van der Waals surface area contributed by atoms with Gasteiger partial charge in [0.05, 0.1) is 5.41 Å². The molecular formula is C13H26N2O. The largest absolute Gasteiger partial charge is 0.342 e. The van der Waals surface area contributed by atoms with Gasteiger partial charge in [0.2, 0.25) is 5.91 Å². The summed E-state index contributed by atoms with van der Waals surface area (Å²) in [6.45, 7) is 8.64. The van der Waals surface area contributed by atoms with Crippen molar-refractivity contribution in [2.24, 2.45) is 17.1 Å². The van der Waals surface area contributed by atoms with Crippen molar-refractivity contribution in [3.05, 3.63) is 0 Å². The summed E-state index contributed by atoms with van der Waals surface area (Å²) >= 11 is 0. The molecule has 1 saturated carbocycles. The molecule has 3 heteroatoms. The van der Waals surface area contributed by atoms with Crippen LogP contribution < -0.4 is 5.73 Å². The summed E-state index contributed by atoms with van der Waals surface area (Å²) < 4.78 is 0. The molecule has 0 aromatic carbocycles. The molecule has 94 valence electrons. The summed E-state index contributed by atoms with van der Waals surface area (Å²) in [7, 11) is 0. The van der Waals surface area contributed by atoms with E-state index in [0.717, 1.165) is 38.8 Å². The van der Waals surface area contributed by atoms with Crippen LogP contribution in [0.3, 0.4) is 0 Å². The average molecular weight is 226 g/mol. The van der Waals surface area contributed by atoms with Gasteiger partial charge in [0.15, 0.2) is 0 Å². The summed E-state index contributed by atoms with van der Waals surface area (Å²) in [6.07, 6.45) is 4.25. The molecule has 1 aliphatic carbocycles. The van der Waals surface area contributed by atoms with Crippen molar-refractivity contribution in [1.29, 1.82) is 0 Å². The van der Waals surface area contributed by atoms with E-state index in [1.165, 1.54) is 0 Å².